The summed E-state index contributed by atoms with van der Waals surface area (Å²) in [6.07, 6.45) is 6.16. The van der Waals surface area contributed by atoms with Crippen molar-refractivity contribution in [1.29, 1.82) is 0 Å². The second-order valence-corrected chi connectivity index (χ2v) is 3.96. The molecule has 4 nitrogen and oxygen atoms in total. The number of aromatic nitrogens is 1. The average Bonchev–Trinajstić information content (AvgIpc) is 2.45. The smallest absolute Gasteiger partial charge is 0.174 e. The highest BCUT2D eigenvalue weighted by atomic mass is 16.5. The predicted molar refractivity (Wildman–Crippen MR) is 80.7 cm³/mol. The van der Waals surface area contributed by atoms with E-state index in [-0.39, 0.29) is 0 Å². The third-order valence-corrected chi connectivity index (χ3v) is 2.49. The predicted octanol–water partition coefficient (Wildman–Crippen LogP) is 3.79. The van der Waals surface area contributed by atoms with E-state index < -0.39 is 0 Å². The Bertz CT molecular complexity index is 478. The second-order valence-electron chi connectivity index (χ2n) is 3.96. The summed E-state index contributed by atoms with van der Waals surface area (Å²) in [5.41, 5.74) is 1.20. The molecular formula is C15H21N3O. The zero-order valence-corrected chi connectivity index (χ0v) is 11.8. The van der Waals surface area contributed by atoms with Gasteiger partial charge in [-0.15, -0.1) is 0 Å². The molecule has 0 radical (unpaired) electrons. The molecule has 0 aliphatic heterocycles. The molecule has 0 aliphatic rings. The van der Waals surface area contributed by atoms with Crippen LogP contribution in [0.1, 0.15) is 27.2 Å². The van der Waals surface area contributed by atoms with E-state index in [0.29, 0.717) is 24.0 Å². The van der Waals surface area contributed by atoms with Crippen LogP contribution in [0.25, 0.3) is 0 Å². The molecule has 4 heteroatoms. The summed E-state index contributed by atoms with van der Waals surface area (Å²) in [4.78, 5) is 8.59. The van der Waals surface area contributed by atoms with Crippen molar-refractivity contribution in [1.82, 2.24) is 4.98 Å². The molecule has 1 aromatic heterocycles. The first-order valence-corrected chi connectivity index (χ1v) is 6.42. The van der Waals surface area contributed by atoms with Gasteiger partial charge >= 0.3 is 0 Å². The second kappa shape index (κ2) is 8.08. The summed E-state index contributed by atoms with van der Waals surface area (Å²) in [6, 6.07) is 3.70. The molecule has 1 rings (SSSR count). The van der Waals surface area contributed by atoms with Crippen molar-refractivity contribution in [2.24, 2.45) is 4.99 Å². The third kappa shape index (κ3) is 4.95. The van der Waals surface area contributed by atoms with E-state index in [2.05, 4.69) is 28.8 Å². The Morgan fingerprint density at radius 1 is 1.53 bits per heavy atom. The average molecular weight is 259 g/mol. The van der Waals surface area contributed by atoms with Gasteiger partial charge in [-0.3, -0.25) is 0 Å². The van der Waals surface area contributed by atoms with Gasteiger partial charge in [0.1, 0.15) is 5.84 Å². The van der Waals surface area contributed by atoms with Crippen molar-refractivity contribution in [2.45, 2.75) is 27.2 Å². The van der Waals surface area contributed by atoms with Crippen molar-refractivity contribution in [3.8, 4) is 5.75 Å². The van der Waals surface area contributed by atoms with Gasteiger partial charge < -0.3 is 10.1 Å². The molecule has 0 unspecified atom stereocenters. The van der Waals surface area contributed by atoms with Gasteiger partial charge in [-0.1, -0.05) is 19.1 Å². The van der Waals surface area contributed by atoms with Gasteiger partial charge in [0.05, 0.1) is 6.61 Å². The Labute approximate surface area is 114 Å². The minimum Gasteiger partial charge on any atom is -0.490 e. The molecule has 102 valence electrons. The van der Waals surface area contributed by atoms with Crippen LogP contribution in [0.4, 0.5) is 5.82 Å². The largest absolute Gasteiger partial charge is 0.490 e. The number of hydrogen-bond donors (Lipinski definition) is 1. The van der Waals surface area contributed by atoms with Crippen LogP contribution in [-0.4, -0.2) is 17.4 Å². The normalized spacial score (nSPS) is 12.2. The Hall–Kier alpha value is -2.10. The molecule has 0 spiro atoms. The number of nitrogens with one attached hydrogen (secondary N) is 1. The zero-order valence-electron chi connectivity index (χ0n) is 11.8. The fraction of sp³-hybridized carbons (Fsp3) is 0.333. The highest BCUT2D eigenvalue weighted by Crippen LogP contribution is 2.20. The molecule has 0 fully saturated rings. The Morgan fingerprint density at radius 2 is 2.32 bits per heavy atom. The number of hydrogen-bond acceptors (Lipinski definition) is 3. The first-order chi connectivity index (χ1) is 9.21. The van der Waals surface area contributed by atoms with E-state index >= 15 is 0 Å². The number of rotatable bonds is 6. The van der Waals surface area contributed by atoms with Crippen LogP contribution in [0.15, 0.2) is 47.7 Å². The molecule has 1 heterocycles. The number of nitrogens with zero attached hydrogens (tertiary/aromatic N) is 2. The number of allylic oxidation sites excluding steroid dienone is 1. The van der Waals surface area contributed by atoms with Crippen LogP contribution >= 0.6 is 0 Å². The topological polar surface area (TPSA) is 46.5 Å². The molecule has 1 aromatic rings. The molecule has 1 N–H and O–H groups in total. The van der Waals surface area contributed by atoms with Crippen LogP contribution in [0.2, 0.25) is 0 Å². The monoisotopic (exact) mass is 259 g/mol. The van der Waals surface area contributed by atoms with Gasteiger partial charge in [0.15, 0.2) is 11.6 Å². The molecule has 0 saturated carbocycles. The molecule has 0 aliphatic carbocycles. The molecule has 0 bridgehead atoms. The number of amidine groups is 1. The summed E-state index contributed by atoms with van der Waals surface area (Å²) in [5.74, 6) is 1.99. The SMILES string of the molecule is C=CC(=N/C=C(/C)CC)Nc1ncccc1OCC. The van der Waals surface area contributed by atoms with Gasteiger partial charge in [0.2, 0.25) is 0 Å². The maximum atomic E-state index is 5.50. The summed E-state index contributed by atoms with van der Waals surface area (Å²) >= 11 is 0. The van der Waals surface area contributed by atoms with E-state index in [1.807, 2.05) is 32.2 Å². The van der Waals surface area contributed by atoms with E-state index in [1.54, 1.807) is 12.3 Å². The van der Waals surface area contributed by atoms with E-state index in [9.17, 15) is 0 Å². The molecule has 19 heavy (non-hydrogen) atoms. The van der Waals surface area contributed by atoms with Gasteiger partial charge in [0, 0.05) is 12.4 Å². The molecule has 0 atom stereocenters. The lowest BCUT2D eigenvalue weighted by molar-refractivity contribution is 0.341. The van der Waals surface area contributed by atoms with Gasteiger partial charge in [-0.2, -0.15) is 0 Å². The summed E-state index contributed by atoms with van der Waals surface area (Å²) in [5, 5.41) is 3.11. The van der Waals surface area contributed by atoms with Crippen molar-refractivity contribution < 1.29 is 4.74 Å². The number of aliphatic imine (C=N–C) groups is 1. The Kier molecular flexibility index (Phi) is 6.36. The fourth-order valence-corrected chi connectivity index (χ4v) is 1.28. The van der Waals surface area contributed by atoms with Crippen molar-refractivity contribution in [3.63, 3.8) is 0 Å². The van der Waals surface area contributed by atoms with Gasteiger partial charge in [-0.25, -0.2) is 9.98 Å². The summed E-state index contributed by atoms with van der Waals surface area (Å²) < 4.78 is 5.50. The molecular weight excluding hydrogens is 238 g/mol. The number of pyridine rings is 1. The van der Waals surface area contributed by atoms with E-state index in [4.69, 9.17) is 4.74 Å². The first-order valence-electron chi connectivity index (χ1n) is 6.42. The standard InChI is InChI=1S/C15H21N3O/c1-5-12(4)11-17-14(6-2)18-15-13(19-7-3)9-8-10-16-15/h6,8-11H,2,5,7H2,1,3-4H3,(H,16,17,18)/b12-11-. The number of anilines is 1. The molecule has 0 saturated heterocycles. The van der Waals surface area contributed by atoms with E-state index in [0.717, 1.165) is 6.42 Å². The highest BCUT2D eigenvalue weighted by molar-refractivity contribution is 6.03. The van der Waals surface area contributed by atoms with Crippen LogP contribution in [-0.2, 0) is 0 Å². The number of ether oxygens (including phenoxy) is 1. The van der Waals surface area contributed by atoms with Crippen LogP contribution in [0, 0.1) is 0 Å². The van der Waals surface area contributed by atoms with Gasteiger partial charge in [0.25, 0.3) is 0 Å². The third-order valence-electron chi connectivity index (χ3n) is 2.49. The quantitative estimate of drug-likeness (QED) is 0.624. The lowest BCUT2D eigenvalue weighted by atomic mass is 10.3. The summed E-state index contributed by atoms with van der Waals surface area (Å²) in [7, 11) is 0. The first kappa shape index (κ1) is 15.0. The zero-order chi connectivity index (χ0) is 14.1. The minimum atomic E-state index is 0.593. The van der Waals surface area contributed by atoms with Crippen LogP contribution < -0.4 is 10.1 Å². The fourth-order valence-electron chi connectivity index (χ4n) is 1.28. The highest BCUT2D eigenvalue weighted by Gasteiger charge is 2.04. The van der Waals surface area contributed by atoms with E-state index in [1.165, 1.54) is 5.57 Å². The van der Waals surface area contributed by atoms with Crippen LogP contribution in [0.5, 0.6) is 5.75 Å². The lowest BCUT2D eigenvalue weighted by Crippen LogP contribution is -2.11. The minimum absolute atomic E-state index is 0.593. The maximum Gasteiger partial charge on any atom is 0.174 e. The lowest BCUT2D eigenvalue weighted by Gasteiger charge is -2.10. The van der Waals surface area contributed by atoms with Crippen molar-refractivity contribution >= 4 is 11.7 Å². The molecule has 0 aromatic carbocycles. The van der Waals surface area contributed by atoms with Crippen LogP contribution in [0.3, 0.4) is 0 Å². The van der Waals surface area contributed by atoms with Gasteiger partial charge in [-0.05, 0) is 38.5 Å². The Balaban J connectivity index is 2.90. The molecule has 0 amide bonds. The summed E-state index contributed by atoms with van der Waals surface area (Å²) in [6.45, 7) is 10.4. The van der Waals surface area contributed by atoms with Crippen molar-refractivity contribution in [3.05, 3.63) is 42.8 Å². The Morgan fingerprint density at radius 3 is 2.95 bits per heavy atom. The maximum absolute atomic E-state index is 5.50. The van der Waals surface area contributed by atoms with Crippen molar-refractivity contribution in [2.75, 3.05) is 11.9 Å².